The van der Waals surface area contributed by atoms with Crippen molar-refractivity contribution in [1.29, 1.82) is 0 Å². The molecular weight excluding hydrogens is 564 g/mol. The van der Waals surface area contributed by atoms with Crippen molar-refractivity contribution in [1.82, 2.24) is 9.47 Å². The Morgan fingerprint density at radius 2 is 1.27 bits per heavy atom. The Bertz CT molecular complexity index is 1820. The van der Waals surface area contributed by atoms with Gasteiger partial charge in [0.1, 0.15) is 0 Å². The molecule has 7 rings (SSSR count). The Morgan fingerprint density at radius 1 is 0.705 bits per heavy atom. The summed E-state index contributed by atoms with van der Waals surface area (Å²) in [5.41, 5.74) is 7.79. The van der Waals surface area contributed by atoms with Gasteiger partial charge in [0.2, 0.25) is 0 Å². The van der Waals surface area contributed by atoms with Crippen molar-refractivity contribution in [3.63, 3.8) is 0 Å². The number of ketones is 2. The molecule has 3 aliphatic rings. The highest BCUT2D eigenvalue weighted by Gasteiger charge is 2.49. The van der Waals surface area contributed by atoms with Gasteiger partial charge >= 0.3 is 0 Å². The van der Waals surface area contributed by atoms with Crippen molar-refractivity contribution in [2.45, 2.75) is 72.4 Å². The molecular formula is C39H39ClN2O2. The van der Waals surface area contributed by atoms with Crippen molar-refractivity contribution in [3.8, 4) is 0 Å². The van der Waals surface area contributed by atoms with Crippen LogP contribution in [0.1, 0.15) is 76.0 Å². The Kier molecular flexibility index (Phi) is 6.97. The maximum atomic E-state index is 14.4. The first kappa shape index (κ1) is 28.9. The minimum Gasteiger partial charge on any atom is -0.343 e. The highest BCUT2D eigenvalue weighted by molar-refractivity contribution is 6.31. The molecule has 1 aliphatic heterocycles. The smallest absolute Gasteiger partial charge is 0.162 e. The van der Waals surface area contributed by atoms with Crippen LogP contribution in [0, 0.1) is 10.8 Å². The lowest BCUT2D eigenvalue weighted by Gasteiger charge is -2.49. The van der Waals surface area contributed by atoms with E-state index in [-0.39, 0.29) is 22.4 Å². The van der Waals surface area contributed by atoms with E-state index in [0.29, 0.717) is 25.9 Å². The molecule has 1 aromatic heterocycles. The van der Waals surface area contributed by atoms with Crippen LogP contribution in [0.3, 0.4) is 0 Å². The Balaban J connectivity index is 1.48. The molecule has 2 aliphatic carbocycles. The van der Waals surface area contributed by atoms with E-state index >= 15 is 0 Å². The molecule has 4 aromatic rings. The van der Waals surface area contributed by atoms with Gasteiger partial charge in [0.05, 0.1) is 0 Å². The number of aromatic nitrogens is 1. The third kappa shape index (κ3) is 5.03. The summed E-state index contributed by atoms with van der Waals surface area (Å²) in [4.78, 5) is 31.1. The number of carbonyl (C=O) groups is 2. The molecule has 0 saturated heterocycles. The maximum absolute atomic E-state index is 14.4. The van der Waals surface area contributed by atoms with E-state index in [1.165, 1.54) is 5.56 Å². The van der Waals surface area contributed by atoms with Crippen LogP contribution in [0.2, 0.25) is 5.02 Å². The number of hydrogen-bond acceptors (Lipinski definition) is 3. The molecule has 0 radical (unpaired) electrons. The van der Waals surface area contributed by atoms with E-state index in [1.54, 1.807) is 0 Å². The largest absolute Gasteiger partial charge is 0.343 e. The predicted octanol–water partition coefficient (Wildman–Crippen LogP) is 9.23. The van der Waals surface area contributed by atoms with Gasteiger partial charge in [0.25, 0.3) is 0 Å². The third-order valence-electron chi connectivity index (χ3n) is 9.63. The summed E-state index contributed by atoms with van der Waals surface area (Å²) in [6.07, 6.45) is 4.72. The number of nitrogens with zero attached hydrogens (tertiary/aromatic N) is 2. The molecule has 0 bridgehead atoms. The Labute approximate surface area is 265 Å². The van der Waals surface area contributed by atoms with Crippen LogP contribution in [0.15, 0.2) is 108 Å². The SMILES string of the molecule is CC1(C)CC(=O)C2=C(C1)N(Cc1ccccc1)C1=C(C(=O)CC(C)(C)C1)C2c1cn(Cc2ccccc2Cl)c2ccccc12. The summed E-state index contributed by atoms with van der Waals surface area (Å²) in [6, 6.07) is 26.7. The van der Waals surface area contributed by atoms with Gasteiger partial charge in [0.15, 0.2) is 11.6 Å². The lowest BCUT2D eigenvalue weighted by Crippen LogP contribution is -2.44. The first-order valence-electron chi connectivity index (χ1n) is 15.7. The van der Waals surface area contributed by atoms with E-state index in [2.05, 4.69) is 98.0 Å². The van der Waals surface area contributed by atoms with Gasteiger partial charge in [-0.2, -0.15) is 0 Å². The average Bonchev–Trinajstić information content (AvgIpc) is 3.32. The lowest BCUT2D eigenvalue weighted by molar-refractivity contribution is -0.119. The van der Waals surface area contributed by atoms with Gasteiger partial charge in [0, 0.05) is 76.5 Å². The van der Waals surface area contributed by atoms with Gasteiger partial charge in [-0.3, -0.25) is 9.59 Å². The van der Waals surface area contributed by atoms with Gasteiger partial charge in [-0.25, -0.2) is 0 Å². The van der Waals surface area contributed by atoms with Crippen LogP contribution >= 0.6 is 11.6 Å². The fourth-order valence-corrected chi connectivity index (χ4v) is 7.96. The zero-order chi connectivity index (χ0) is 30.8. The Hall–Kier alpha value is -3.89. The second-order valence-electron chi connectivity index (χ2n) is 14.4. The van der Waals surface area contributed by atoms with Crippen molar-refractivity contribution in [3.05, 3.63) is 129 Å². The number of carbonyl (C=O) groups excluding carboxylic acids is 2. The molecule has 0 saturated carbocycles. The molecule has 0 spiro atoms. The molecule has 224 valence electrons. The standard InChI is InChI=1S/C39H39ClN2O2/c1-38(2)18-31-36(33(43)20-38)35(28-24-41(30-17-11-9-15-27(28)30)23-26-14-8-10-16-29(26)40)37-32(19-39(3,4)21-34(37)44)42(31)22-25-12-6-5-7-13-25/h5-17,24,35H,18-23H2,1-4H3. The summed E-state index contributed by atoms with van der Waals surface area (Å²) in [5, 5.41) is 1.81. The van der Waals surface area contributed by atoms with E-state index in [9.17, 15) is 9.59 Å². The minimum atomic E-state index is -0.392. The zero-order valence-corrected chi connectivity index (χ0v) is 26.7. The lowest BCUT2D eigenvalue weighted by atomic mass is 9.63. The maximum Gasteiger partial charge on any atom is 0.162 e. The second-order valence-corrected chi connectivity index (χ2v) is 14.8. The zero-order valence-electron chi connectivity index (χ0n) is 26.0. The van der Waals surface area contributed by atoms with E-state index in [4.69, 9.17) is 11.6 Å². The molecule has 5 heteroatoms. The molecule has 4 nitrogen and oxygen atoms in total. The van der Waals surface area contributed by atoms with E-state index < -0.39 is 5.92 Å². The number of fused-ring (bicyclic) bond motifs is 1. The fraction of sp³-hybridized carbons (Fsp3) is 0.333. The van der Waals surface area contributed by atoms with Crippen molar-refractivity contribution >= 4 is 34.1 Å². The number of Topliss-reactive ketones (excluding diaryl/α,β-unsaturated/α-hetero) is 2. The van der Waals surface area contributed by atoms with Crippen LogP contribution in [0.5, 0.6) is 0 Å². The Morgan fingerprint density at radius 3 is 1.91 bits per heavy atom. The van der Waals surface area contributed by atoms with E-state index in [1.807, 2.05) is 24.3 Å². The monoisotopic (exact) mass is 602 g/mol. The number of allylic oxidation sites excluding steroid dienone is 4. The quantitative estimate of drug-likeness (QED) is 0.229. The molecule has 0 unspecified atom stereocenters. The van der Waals surface area contributed by atoms with Crippen LogP contribution in [0.4, 0.5) is 0 Å². The average molecular weight is 603 g/mol. The number of benzene rings is 3. The first-order valence-corrected chi connectivity index (χ1v) is 16.0. The van der Waals surface area contributed by atoms with Crippen LogP contribution < -0.4 is 0 Å². The molecule has 0 fully saturated rings. The topological polar surface area (TPSA) is 42.3 Å². The minimum absolute atomic E-state index is 0.159. The summed E-state index contributed by atoms with van der Waals surface area (Å²) in [7, 11) is 0. The molecule has 0 N–H and O–H groups in total. The number of hydrogen-bond donors (Lipinski definition) is 0. The number of rotatable bonds is 5. The van der Waals surface area contributed by atoms with Crippen LogP contribution in [-0.2, 0) is 22.7 Å². The van der Waals surface area contributed by atoms with Gasteiger partial charge < -0.3 is 9.47 Å². The highest BCUT2D eigenvalue weighted by Crippen LogP contribution is 2.55. The van der Waals surface area contributed by atoms with Gasteiger partial charge in [-0.15, -0.1) is 0 Å². The summed E-state index contributed by atoms with van der Waals surface area (Å²) in [5.74, 6) is -0.0746. The van der Waals surface area contributed by atoms with Crippen LogP contribution in [-0.4, -0.2) is 21.0 Å². The molecule has 0 atom stereocenters. The summed E-state index contributed by atoms with van der Waals surface area (Å²) in [6.45, 7) is 10.0. The van der Waals surface area contributed by atoms with Gasteiger partial charge in [-0.1, -0.05) is 106 Å². The van der Waals surface area contributed by atoms with Gasteiger partial charge in [-0.05, 0) is 52.5 Å². The third-order valence-corrected chi connectivity index (χ3v) is 10.0. The molecule has 3 aromatic carbocycles. The predicted molar refractivity (Wildman–Crippen MR) is 177 cm³/mol. The molecule has 0 amide bonds. The van der Waals surface area contributed by atoms with Crippen molar-refractivity contribution in [2.24, 2.45) is 10.8 Å². The van der Waals surface area contributed by atoms with Crippen LogP contribution in [0.25, 0.3) is 10.9 Å². The second kappa shape index (κ2) is 10.6. The van der Waals surface area contributed by atoms with Crippen molar-refractivity contribution < 1.29 is 9.59 Å². The summed E-state index contributed by atoms with van der Waals surface area (Å²) >= 11 is 6.61. The molecule has 44 heavy (non-hydrogen) atoms. The fourth-order valence-electron chi connectivity index (χ4n) is 7.76. The molecule has 2 heterocycles. The number of halogens is 1. The summed E-state index contributed by atoms with van der Waals surface area (Å²) < 4.78 is 2.23. The van der Waals surface area contributed by atoms with Crippen molar-refractivity contribution in [2.75, 3.05) is 0 Å². The first-order chi connectivity index (χ1) is 21.0. The highest BCUT2D eigenvalue weighted by atomic mass is 35.5. The number of para-hydroxylation sites is 1. The van der Waals surface area contributed by atoms with E-state index in [0.717, 1.165) is 62.4 Å². The normalized spacial score (nSPS) is 19.9.